The summed E-state index contributed by atoms with van der Waals surface area (Å²) >= 11 is 0. The third kappa shape index (κ3) is 4.21. The Bertz CT molecular complexity index is 2270. The van der Waals surface area contributed by atoms with Crippen LogP contribution in [0, 0.1) is 17.8 Å². The van der Waals surface area contributed by atoms with Gasteiger partial charge in [-0.15, -0.1) is 0 Å². The van der Waals surface area contributed by atoms with E-state index in [9.17, 15) is 9.59 Å². The van der Waals surface area contributed by atoms with Gasteiger partial charge in [-0.2, -0.15) is 0 Å². The van der Waals surface area contributed by atoms with Crippen LogP contribution < -0.4 is 10.3 Å². The number of piperidine rings is 1. The molecule has 2 aliphatic carbocycles. The first-order valence-electron chi connectivity index (χ1n) is 16.3. The summed E-state index contributed by atoms with van der Waals surface area (Å²) in [6, 6.07) is 18.9. The zero-order valence-corrected chi connectivity index (χ0v) is 26.3. The summed E-state index contributed by atoms with van der Waals surface area (Å²) < 4.78 is 10.4. The summed E-state index contributed by atoms with van der Waals surface area (Å²) in [5, 5.41) is 1.15. The number of nitrogens with zero attached hydrogens (tertiary/aromatic N) is 5. The van der Waals surface area contributed by atoms with Crippen LogP contribution in [0.3, 0.4) is 0 Å². The molecule has 0 radical (unpaired) electrons. The molecule has 1 N–H and O–H groups in total. The van der Waals surface area contributed by atoms with E-state index in [0.29, 0.717) is 35.1 Å². The third-order valence-electron chi connectivity index (χ3n) is 10.9. The van der Waals surface area contributed by atoms with Crippen molar-refractivity contribution in [3.8, 4) is 28.4 Å². The fourth-order valence-corrected chi connectivity index (χ4v) is 8.12. The van der Waals surface area contributed by atoms with Crippen LogP contribution in [0.4, 0.5) is 0 Å². The monoisotopic (exact) mass is 612 g/mol. The first-order valence-corrected chi connectivity index (χ1v) is 16.3. The smallest absolute Gasteiger partial charge is 0.266 e. The highest BCUT2D eigenvalue weighted by Gasteiger charge is 2.46. The first kappa shape index (κ1) is 27.4. The summed E-state index contributed by atoms with van der Waals surface area (Å²) in [5.41, 5.74) is 7.90. The number of benzene rings is 3. The number of aryl methyl sites for hydroxylation is 1. The molecule has 3 aliphatic rings. The van der Waals surface area contributed by atoms with E-state index in [4.69, 9.17) is 9.72 Å². The molecule has 1 aliphatic heterocycles. The van der Waals surface area contributed by atoms with E-state index in [0.717, 1.165) is 75.1 Å². The molecule has 3 aromatic heterocycles. The SMILES string of the molecule is COc1cc(C(=O)N2CC3CCC2[C@@H]3C)cc2nc(-c3cc4ccc(-c5ccc6[nH]c(=O)cnc6c5)cc4n3CC3CC3)n(C)c12. The predicted molar refractivity (Wildman–Crippen MR) is 179 cm³/mol. The number of hydrogen-bond acceptors (Lipinski definition) is 5. The van der Waals surface area contributed by atoms with Gasteiger partial charge in [-0.05, 0) is 91.0 Å². The number of amides is 1. The summed E-state index contributed by atoms with van der Waals surface area (Å²) in [7, 11) is 3.70. The molecule has 3 fully saturated rings. The van der Waals surface area contributed by atoms with E-state index in [2.05, 4.69) is 55.2 Å². The van der Waals surface area contributed by atoms with Gasteiger partial charge in [-0.25, -0.2) is 9.97 Å². The van der Waals surface area contributed by atoms with Gasteiger partial charge in [-0.1, -0.05) is 25.1 Å². The summed E-state index contributed by atoms with van der Waals surface area (Å²) in [5.74, 6) is 3.41. The van der Waals surface area contributed by atoms with Crippen LogP contribution in [0.25, 0.3) is 55.6 Å². The molecule has 2 unspecified atom stereocenters. The molecule has 2 saturated carbocycles. The number of rotatable bonds is 6. The lowest BCUT2D eigenvalue weighted by Crippen LogP contribution is -2.38. The number of ether oxygens (including phenoxy) is 1. The first-order chi connectivity index (χ1) is 22.4. The van der Waals surface area contributed by atoms with Crippen LogP contribution in [-0.2, 0) is 13.6 Å². The molecule has 1 saturated heterocycles. The van der Waals surface area contributed by atoms with Gasteiger partial charge in [-0.3, -0.25) is 9.59 Å². The Balaban J connectivity index is 1.15. The third-order valence-corrected chi connectivity index (χ3v) is 10.9. The number of carbonyl (C=O) groups is 1. The lowest BCUT2D eigenvalue weighted by atomic mass is 10.0. The number of nitrogens with one attached hydrogen (secondary N) is 1. The molecule has 4 heterocycles. The molecule has 1 amide bonds. The summed E-state index contributed by atoms with van der Waals surface area (Å²) in [6.07, 6.45) is 6.10. The topological polar surface area (TPSA) is 98.0 Å². The van der Waals surface area contributed by atoms with E-state index < -0.39 is 0 Å². The summed E-state index contributed by atoms with van der Waals surface area (Å²) in [6.45, 7) is 4.05. The molecule has 9 heteroatoms. The van der Waals surface area contributed by atoms with Crippen LogP contribution in [-0.4, -0.2) is 54.6 Å². The van der Waals surface area contributed by atoms with Crippen LogP contribution >= 0.6 is 0 Å². The molecule has 0 spiro atoms. The minimum absolute atomic E-state index is 0.0806. The molecular weight excluding hydrogens is 576 g/mol. The summed E-state index contributed by atoms with van der Waals surface area (Å²) in [4.78, 5) is 40.0. The Morgan fingerprint density at radius 3 is 2.59 bits per heavy atom. The molecule has 3 atom stereocenters. The largest absolute Gasteiger partial charge is 0.494 e. The molecule has 2 bridgehead atoms. The second-order valence-corrected chi connectivity index (χ2v) is 13.6. The predicted octanol–water partition coefficient (Wildman–Crippen LogP) is 6.39. The highest BCUT2D eigenvalue weighted by Crippen LogP contribution is 2.44. The second kappa shape index (κ2) is 10.0. The van der Waals surface area contributed by atoms with Crippen molar-refractivity contribution < 1.29 is 9.53 Å². The van der Waals surface area contributed by atoms with E-state index in [1.165, 1.54) is 25.5 Å². The van der Waals surface area contributed by atoms with Gasteiger partial charge in [0.05, 0.1) is 35.6 Å². The molecular formula is C37H36N6O3. The Morgan fingerprint density at radius 2 is 1.83 bits per heavy atom. The lowest BCUT2D eigenvalue weighted by Gasteiger charge is -2.27. The molecule has 6 aromatic rings. The standard InChI is InChI=1S/C37H36N6O3/c1-20-25-9-11-30(20)43(19-25)37(45)26-13-29-35(33(16-26)46-3)41(2)36(40-29)32-15-24-7-6-23(14-31(24)42(32)18-21-4-5-21)22-8-10-27-28(12-22)38-17-34(44)39-27/h6-8,10,12-17,20-21,25,30H,4-5,9,11,18-19H2,1-3H3,(H,39,44)/t20-,25?,30?/m1/s1. The quantitative estimate of drug-likeness (QED) is 0.235. The molecule has 232 valence electrons. The van der Waals surface area contributed by atoms with Gasteiger partial charge < -0.3 is 23.8 Å². The minimum atomic E-state index is -0.206. The number of imidazole rings is 1. The average Bonchev–Trinajstić information content (AvgIpc) is 3.47. The second-order valence-electron chi connectivity index (χ2n) is 13.6. The van der Waals surface area contributed by atoms with Gasteiger partial charge in [0.1, 0.15) is 11.3 Å². The van der Waals surface area contributed by atoms with Gasteiger partial charge in [0.2, 0.25) is 0 Å². The van der Waals surface area contributed by atoms with Crippen molar-refractivity contribution in [1.29, 1.82) is 0 Å². The van der Waals surface area contributed by atoms with Crippen molar-refractivity contribution in [2.24, 2.45) is 24.8 Å². The Kier molecular flexibility index (Phi) is 5.98. The molecule has 9 nitrogen and oxygen atoms in total. The molecule has 46 heavy (non-hydrogen) atoms. The zero-order valence-electron chi connectivity index (χ0n) is 26.3. The maximum absolute atomic E-state index is 13.8. The van der Waals surface area contributed by atoms with E-state index >= 15 is 0 Å². The maximum atomic E-state index is 13.8. The Labute approximate surface area is 265 Å². The van der Waals surface area contributed by atoms with Crippen LogP contribution in [0.1, 0.15) is 43.0 Å². The number of carbonyl (C=O) groups excluding carboxylic acids is 1. The number of likely N-dealkylation sites (tertiary alicyclic amines) is 1. The van der Waals surface area contributed by atoms with Gasteiger partial charge in [0.15, 0.2) is 5.82 Å². The maximum Gasteiger partial charge on any atom is 0.266 e. The zero-order chi connectivity index (χ0) is 31.3. The number of hydrogen-bond donors (Lipinski definition) is 1. The van der Waals surface area contributed by atoms with Crippen LogP contribution in [0.15, 0.2) is 65.6 Å². The van der Waals surface area contributed by atoms with Crippen molar-refractivity contribution >= 4 is 38.9 Å². The van der Waals surface area contributed by atoms with Crippen LogP contribution in [0.5, 0.6) is 5.75 Å². The number of aromatic nitrogens is 5. The molecule has 9 rings (SSSR count). The van der Waals surface area contributed by atoms with Gasteiger partial charge >= 0.3 is 0 Å². The molecule has 3 aromatic carbocycles. The fourth-order valence-electron chi connectivity index (χ4n) is 8.12. The highest BCUT2D eigenvalue weighted by molar-refractivity contribution is 6.00. The minimum Gasteiger partial charge on any atom is -0.494 e. The number of fused-ring (bicyclic) bond motifs is 5. The van der Waals surface area contributed by atoms with Gasteiger partial charge in [0, 0.05) is 42.6 Å². The van der Waals surface area contributed by atoms with Gasteiger partial charge in [0.25, 0.3) is 11.5 Å². The van der Waals surface area contributed by atoms with Crippen LogP contribution in [0.2, 0.25) is 0 Å². The van der Waals surface area contributed by atoms with Crippen molar-refractivity contribution in [2.75, 3.05) is 13.7 Å². The van der Waals surface area contributed by atoms with E-state index in [-0.39, 0.29) is 11.5 Å². The van der Waals surface area contributed by atoms with E-state index in [1.807, 2.05) is 37.4 Å². The Hall–Kier alpha value is -4.92. The van der Waals surface area contributed by atoms with Crippen molar-refractivity contribution in [1.82, 2.24) is 29.0 Å². The Morgan fingerprint density at radius 1 is 1.00 bits per heavy atom. The number of methoxy groups -OCH3 is 1. The normalized spacial score (nSPS) is 20.8. The number of H-pyrrole nitrogens is 1. The van der Waals surface area contributed by atoms with Crippen molar-refractivity contribution in [2.45, 2.75) is 45.2 Å². The van der Waals surface area contributed by atoms with E-state index in [1.54, 1.807) is 7.11 Å². The van der Waals surface area contributed by atoms with Crippen molar-refractivity contribution in [3.05, 3.63) is 76.7 Å². The fraction of sp³-hybridized carbons (Fsp3) is 0.351. The lowest BCUT2D eigenvalue weighted by molar-refractivity contribution is 0.0696. The number of aromatic amines is 1. The highest BCUT2D eigenvalue weighted by atomic mass is 16.5. The average molecular weight is 613 g/mol. The van der Waals surface area contributed by atoms with Crippen molar-refractivity contribution in [3.63, 3.8) is 0 Å².